The van der Waals surface area contributed by atoms with Crippen molar-refractivity contribution in [3.8, 4) is 0 Å². The fourth-order valence-corrected chi connectivity index (χ4v) is 4.08. The van der Waals surface area contributed by atoms with Crippen LogP contribution in [0.3, 0.4) is 0 Å². The summed E-state index contributed by atoms with van der Waals surface area (Å²) in [5.41, 5.74) is 6.12. The van der Waals surface area contributed by atoms with E-state index < -0.39 is 0 Å². The molecule has 1 heterocycles. The summed E-state index contributed by atoms with van der Waals surface area (Å²) in [7, 11) is 2.14. The maximum atomic E-state index is 4.27. The SMILES string of the molecule is C=C(C)c1ccccc1CCNC1CCN(CN(C)C(=C)c2ccccc2)CC1. The lowest BCUT2D eigenvalue weighted by Gasteiger charge is -2.36. The summed E-state index contributed by atoms with van der Waals surface area (Å²) in [6.07, 6.45) is 3.46. The van der Waals surface area contributed by atoms with E-state index in [-0.39, 0.29) is 0 Å². The second kappa shape index (κ2) is 10.4. The zero-order valence-corrected chi connectivity index (χ0v) is 18.0. The molecular formula is C26H35N3. The maximum absolute atomic E-state index is 4.27. The molecule has 1 fully saturated rings. The molecule has 0 bridgehead atoms. The van der Waals surface area contributed by atoms with Gasteiger partial charge in [-0.15, -0.1) is 0 Å². The molecule has 3 nitrogen and oxygen atoms in total. The zero-order valence-electron chi connectivity index (χ0n) is 18.0. The molecule has 3 rings (SSSR count). The van der Waals surface area contributed by atoms with Crippen LogP contribution in [0.4, 0.5) is 0 Å². The molecule has 0 atom stereocenters. The Bertz CT molecular complexity index is 804. The van der Waals surface area contributed by atoms with Crippen LogP contribution >= 0.6 is 0 Å². The van der Waals surface area contributed by atoms with Crippen LogP contribution in [0.2, 0.25) is 0 Å². The molecule has 29 heavy (non-hydrogen) atoms. The van der Waals surface area contributed by atoms with Gasteiger partial charge in [0.1, 0.15) is 0 Å². The molecule has 154 valence electrons. The average molecular weight is 390 g/mol. The minimum atomic E-state index is 0.617. The van der Waals surface area contributed by atoms with Crippen LogP contribution in [0, 0.1) is 0 Å². The van der Waals surface area contributed by atoms with Crippen LogP contribution in [0.1, 0.15) is 36.5 Å². The van der Waals surface area contributed by atoms with Crippen molar-refractivity contribution < 1.29 is 0 Å². The van der Waals surface area contributed by atoms with Crippen LogP contribution in [-0.4, -0.2) is 49.2 Å². The van der Waals surface area contributed by atoms with Crippen molar-refractivity contribution in [1.82, 2.24) is 15.1 Å². The second-order valence-electron chi connectivity index (χ2n) is 8.19. The third-order valence-corrected chi connectivity index (χ3v) is 5.87. The number of piperidine rings is 1. The number of likely N-dealkylation sites (tertiary alicyclic amines) is 1. The van der Waals surface area contributed by atoms with Gasteiger partial charge in [0.2, 0.25) is 0 Å². The normalized spacial score (nSPS) is 15.2. The lowest BCUT2D eigenvalue weighted by Crippen LogP contribution is -2.46. The first-order valence-electron chi connectivity index (χ1n) is 10.7. The first-order chi connectivity index (χ1) is 14.0. The van der Waals surface area contributed by atoms with Gasteiger partial charge in [0.15, 0.2) is 0 Å². The van der Waals surface area contributed by atoms with Crippen LogP contribution in [0.25, 0.3) is 11.3 Å². The number of hydrogen-bond acceptors (Lipinski definition) is 3. The summed E-state index contributed by atoms with van der Waals surface area (Å²) < 4.78 is 0. The van der Waals surface area contributed by atoms with E-state index in [4.69, 9.17) is 0 Å². The van der Waals surface area contributed by atoms with E-state index in [1.165, 1.54) is 29.5 Å². The molecule has 0 radical (unpaired) electrons. The third kappa shape index (κ3) is 6.06. The molecule has 1 aliphatic rings. The topological polar surface area (TPSA) is 18.5 Å². The van der Waals surface area contributed by atoms with Gasteiger partial charge in [0, 0.05) is 31.9 Å². The Morgan fingerprint density at radius 3 is 2.38 bits per heavy atom. The standard InChI is InChI=1S/C26H35N3/c1-21(2)26-13-9-8-12-24(26)14-17-27-25-15-18-29(19-16-25)20-28(4)22(3)23-10-6-5-7-11-23/h5-13,25,27H,1,3,14-20H2,2,4H3. The van der Waals surface area contributed by atoms with Gasteiger partial charge in [-0.2, -0.15) is 0 Å². The van der Waals surface area contributed by atoms with Gasteiger partial charge in [-0.25, -0.2) is 0 Å². The molecule has 0 spiro atoms. The summed E-state index contributed by atoms with van der Waals surface area (Å²) in [6.45, 7) is 14.7. The molecule has 0 amide bonds. The molecule has 3 heteroatoms. The maximum Gasteiger partial charge on any atom is 0.0703 e. The van der Waals surface area contributed by atoms with Crippen LogP contribution in [-0.2, 0) is 6.42 Å². The highest BCUT2D eigenvalue weighted by atomic mass is 15.3. The monoisotopic (exact) mass is 389 g/mol. The number of allylic oxidation sites excluding steroid dienone is 1. The summed E-state index contributed by atoms with van der Waals surface area (Å²) in [6, 6.07) is 19.7. The molecule has 2 aromatic rings. The highest BCUT2D eigenvalue weighted by molar-refractivity contribution is 5.64. The molecule has 1 aliphatic heterocycles. The van der Waals surface area contributed by atoms with Gasteiger partial charge < -0.3 is 10.2 Å². The Morgan fingerprint density at radius 2 is 1.69 bits per heavy atom. The summed E-state index contributed by atoms with van der Waals surface area (Å²) in [5, 5.41) is 3.77. The van der Waals surface area contributed by atoms with Crippen molar-refractivity contribution in [2.24, 2.45) is 0 Å². The van der Waals surface area contributed by atoms with Gasteiger partial charge in [0.05, 0.1) is 6.67 Å². The number of rotatable bonds is 9. The number of nitrogens with zero attached hydrogens (tertiary/aromatic N) is 2. The molecule has 2 aromatic carbocycles. The van der Waals surface area contributed by atoms with E-state index in [0.717, 1.165) is 44.0 Å². The van der Waals surface area contributed by atoms with Crippen LogP contribution in [0.5, 0.6) is 0 Å². The predicted octanol–water partition coefficient (Wildman–Crippen LogP) is 4.88. The number of nitrogens with one attached hydrogen (secondary N) is 1. The number of hydrogen-bond donors (Lipinski definition) is 1. The minimum Gasteiger partial charge on any atom is -0.362 e. The molecule has 0 saturated carbocycles. The smallest absolute Gasteiger partial charge is 0.0703 e. The van der Waals surface area contributed by atoms with Crippen LogP contribution < -0.4 is 5.32 Å². The lowest BCUT2D eigenvalue weighted by molar-refractivity contribution is 0.149. The third-order valence-electron chi connectivity index (χ3n) is 5.87. The molecule has 0 aromatic heterocycles. The van der Waals surface area contributed by atoms with Gasteiger partial charge >= 0.3 is 0 Å². The zero-order chi connectivity index (χ0) is 20.6. The quantitative estimate of drug-likeness (QED) is 0.660. The second-order valence-corrected chi connectivity index (χ2v) is 8.19. The Morgan fingerprint density at radius 1 is 1.03 bits per heavy atom. The minimum absolute atomic E-state index is 0.617. The van der Waals surface area contributed by atoms with Crippen molar-refractivity contribution >= 4 is 11.3 Å². The lowest BCUT2D eigenvalue weighted by atomic mass is 9.99. The Kier molecular flexibility index (Phi) is 7.68. The highest BCUT2D eigenvalue weighted by Gasteiger charge is 2.20. The predicted molar refractivity (Wildman–Crippen MR) is 126 cm³/mol. The van der Waals surface area contributed by atoms with Crippen molar-refractivity contribution in [1.29, 1.82) is 0 Å². The van der Waals surface area contributed by atoms with Gasteiger partial charge in [-0.05, 0) is 49.4 Å². The Hall–Kier alpha value is -2.36. The van der Waals surface area contributed by atoms with Crippen molar-refractivity contribution in [3.63, 3.8) is 0 Å². The Balaban J connectivity index is 1.39. The van der Waals surface area contributed by atoms with E-state index >= 15 is 0 Å². The van der Waals surface area contributed by atoms with Gasteiger partial charge in [0.25, 0.3) is 0 Å². The number of benzene rings is 2. The van der Waals surface area contributed by atoms with Crippen LogP contribution in [0.15, 0.2) is 67.8 Å². The fraction of sp³-hybridized carbons (Fsp3) is 0.385. The van der Waals surface area contributed by atoms with Crippen molar-refractivity contribution in [2.75, 3.05) is 33.4 Å². The van der Waals surface area contributed by atoms with Crippen molar-refractivity contribution in [3.05, 3.63) is 84.4 Å². The first-order valence-corrected chi connectivity index (χ1v) is 10.7. The largest absolute Gasteiger partial charge is 0.362 e. The van der Waals surface area contributed by atoms with E-state index in [9.17, 15) is 0 Å². The molecule has 1 N–H and O–H groups in total. The van der Waals surface area contributed by atoms with Gasteiger partial charge in [-0.1, -0.05) is 73.3 Å². The first kappa shape index (κ1) is 21.4. The molecular weight excluding hydrogens is 354 g/mol. The van der Waals surface area contributed by atoms with E-state index in [2.05, 4.69) is 90.8 Å². The Labute approximate surface area is 176 Å². The molecule has 0 unspecified atom stereocenters. The average Bonchev–Trinajstić information content (AvgIpc) is 2.75. The van der Waals surface area contributed by atoms with Gasteiger partial charge in [-0.3, -0.25) is 4.90 Å². The van der Waals surface area contributed by atoms with Crippen molar-refractivity contribution in [2.45, 2.75) is 32.2 Å². The summed E-state index contributed by atoms with van der Waals surface area (Å²) in [4.78, 5) is 4.79. The fourth-order valence-electron chi connectivity index (χ4n) is 4.08. The molecule has 0 aliphatic carbocycles. The molecule has 1 saturated heterocycles. The highest BCUT2D eigenvalue weighted by Crippen LogP contribution is 2.19. The summed E-state index contributed by atoms with van der Waals surface area (Å²) in [5.74, 6) is 0. The van der Waals surface area contributed by atoms with E-state index in [0.29, 0.717) is 6.04 Å². The van der Waals surface area contributed by atoms with E-state index in [1.807, 2.05) is 6.07 Å². The van der Waals surface area contributed by atoms with E-state index in [1.54, 1.807) is 0 Å². The summed E-state index contributed by atoms with van der Waals surface area (Å²) >= 11 is 0.